The monoisotopic (exact) mass is 397 g/mol. The highest BCUT2D eigenvalue weighted by atomic mass is 32.1. The summed E-state index contributed by atoms with van der Waals surface area (Å²) in [5, 5.41) is 9.35. The van der Waals surface area contributed by atoms with E-state index in [1.54, 1.807) is 12.1 Å². The van der Waals surface area contributed by atoms with Crippen molar-refractivity contribution < 1.29 is 14.0 Å². The fourth-order valence-corrected chi connectivity index (χ4v) is 4.94. The zero-order chi connectivity index (χ0) is 19.1. The first-order chi connectivity index (χ1) is 13.7. The van der Waals surface area contributed by atoms with E-state index in [1.807, 2.05) is 27.1 Å². The van der Waals surface area contributed by atoms with Crippen molar-refractivity contribution in [1.82, 2.24) is 25.0 Å². The molecular weight excluding hydrogens is 378 g/mol. The fourth-order valence-electron chi connectivity index (χ4n) is 4.31. The van der Waals surface area contributed by atoms with Gasteiger partial charge in [0.15, 0.2) is 5.76 Å². The minimum Gasteiger partial charge on any atom is -0.459 e. The van der Waals surface area contributed by atoms with Gasteiger partial charge >= 0.3 is 0 Å². The zero-order valence-corrected chi connectivity index (χ0v) is 15.9. The number of aryl methyl sites for hydroxylation is 1. The van der Waals surface area contributed by atoms with Crippen molar-refractivity contribution in [2.45, 2.75) is 25.4 Å². The first kappa shape index (κ1) is 17.2. The number of likely N-dealkylation sites (tertiary alicyclic amines) is 1. The number of fused-ring (bicyclic) bond motifs is 1. The minimum atomic E-state index is -0.298. The smallest absolute Gasteiger partial charge is 0.289 e. The number of carbonyl (C=O) groups is 2. The Morgan fingerprint density at radius 3 is 2.93 bits per heavy atom. The molecule has 0 bridgehead atoms. The standard InChI is InChI=1S/C19H19N5O3S/c25-17(14-4-2-10-28-14)22-15-16-20-12-21-24(16)8-6-19(15)5-7-23(11-19)18(26)13-3-1-9-27-13/h1-4,9-10,12,15H,5-8,11H2,(H,22,25)/t15-,19+/m0/s1. The lowest BCUT2D eigenvalue weighted by atomic mass is 9.74. The molecule has 1 spiro atoms. The highest BCUT2D eigenvalue weighted by Gasteiger charge is 2.51. The van der Waals surface area contributed by atoms with Crippen LogP contribution in [-0.2, 0) is 6.54 Å². The van der Waals surface area contributed by atoms with Crippen molar-refractivity contribution >= 4 is 23.2 Å². The van der Waals surface area contributed by atoms with Crippen molar-refractivity contribution in [3.05, 3.63) is 58.7 Å². The molecule has 2 aliphatic rings. The maximum absolute atomic E-state index is 12.8. The van der Waals surface area contributed by atoms with E-state index in [0.717, 1.165) is 25.2 Å². The Morgan fingerprint density at radius 2 is 2.14 bits per heavy atom. The zero-order valence-electron chi connectivity index (χ0n) is 15.1. The molecule has 28 heavy (non-hydrogen) atoms. The Kier molecular flexibility index (Phi) is 4.04. The molecule has 0 aliphatic carbocycles. The van der Waals surface area contributed by atoms with Crippen LogP contribution in [0.1, 0.15) is 44.9 Å². The predicted molar refractivity (Wildman–Crippen MR) is 101 cm³/mol. The summed E-state index contributed by atoms with van der Waals surface area (Å²) in [5.74, 6) is 0.863. The van der Waals surface area contributed by atoms with Crippen molar-refractivity contribution in [2.75, 3.05) is 13.1 Å². The van der Waals surface area contributed by atoms with Gasteiger partial charge in [0.05, 0.1) is 17.2 Å². The second kappa shape index (κ2) is 6.59. The highest BCUT2D eigenvalue weighted by Crippen LogP contribution is 2.47. The van der Waals surface area contributed by atoms with Gasteiger partial charge in [-0.3, -0.25) is 9.59 Å². The molecule has 2 aliphatic heterocycles. The van der Waals surface area contributed by atoms with Gasteiger partial charge < -0.3 is 14.6 Å². The van der Waals surface area contributed by atoms with Gasteiger partial charge in [-0.2, -0.15) is 5.10 Å². The Hall–Kier alpha value is -2.94. The first-order valence-electron chi connectivity index (χ1n) is 9.21. The Morgan fingerprint density at radius 1 is 1.25 bits per heavy atom. The molecule has 144 valence electrons. The average Bonchev–Trinajstić information content (AvgIpc) is 3.49. The quantitative estimate of drug-likeness (QED) is 0.732. The van der Waals surface area contributed by atoms with Crippen molar-refractivity contribution in [3.8, 4) is 0 Å². The fraction of sp³-hybridized carbons (Fsp3) is 0.368. The predicted octanol–water partition coefficient (Wildman–Crippen LogP) is 2.34. The summed E-state index contributed by atoms with van der Waals surface area (Å²) in [4.78, 5) is 32.5. The molecular formula is C19H19N5O3S. The van der Waals surface area contributed by atoms with Crippen LogP contribution in [0.15, 0.2) is 46.7 Å². The maximum Gasteiger partial charge on any atom is 0.289 e. The number of hydrogen-bond acceptors (Lipinski definition) is 6. The molecule has 0 aromatic carbocycles. The summed E-state index contributed by atoms with van der Waals surface area (Å²) in [7, 11) is 0. The average molecular weight is 397 g/mol. The van der Waals surface area contributed by atoms with Crippen LogP contribution in [0, 0.1) is 5.41 Å². The number of carbonyl (C=O) groups excluding carboxylic acids is 2. The number of nitrogens with one attached hydrogen (secondary N) is 1. The summed E-state index contributed by atoms with van der Waals surface area (Å²) in [6.45, 7) is 1.90. The maximum atomic E-state index is 12.8. The van der Waals surface area contributed by atoms with E-state index in [2.05, 4.69) is 15.4 Å². The lowest BCUT2D eigenvalue weighted by molar-refractivity contribution is 0.0678. The van der Waals surface area contributed by atoms with E-state index in [9.17, 15) is 9.59 Å². The Labute approximate surface area is 165 Å². The van der Waals surface area contributed by atoms with Gasteiger partial charge in [0.25, 0.3) is 11.8 Å². The van der Waals surface area contributed by atoms with Gasteiger partial charge in [-0.1, -0.05) is 6.07 Å². The number of rotatable bonds is 3. The first-order valence-corrected chi connectivity index (χ1v) is 10.1. The molecule has 2 amide bonds. The van der Waals surface area contributed by atoms with Crippen LogP contribution in [-0.4, -0.2) is 44.6 Å². The highest BCUT2D eigenvalue weighted by molar-refractivity contribution is 7.12. The molecule has 8 nitrogen and oxygen atoms in total. The van der Waals surface area contributed by atoms with Crippen LogP contribution in [0.3, 0.4) is 0 Å². The molecule has 0 radical (unpaired) electrons. The van der Waals surface area contributed by atoms with Crippen LogP contribution in [0.4, 0.5) is 0 Å². The molecule has 9 heteroatoms. The normalized spacial score (nSPS) is 23.7. The van der Waals surface area contributed by atoms with Crippen molar-refractivity contribution in [2.24, 2.45) is 5.41 Å². The molecule has 3 aromatic rings. The number of nitrogens with zero attached hydrogens (tertiary/aromatic N) is 4. The van der Waals surface area contributed by atoms with Crippen molar-refractivity contribution in [1.29, 1.82) is 0 Å². The second-order valence-corrected chi connectivity index (χ2v) is 8.24. The molecule has 0 unspecified atom stereocenters. The molecule has 1 fully saturated rings. The van der Waals surface area contributed by atoms with E-state index in [0.29, 0.717) is 23.7 Å². The summed E-state index contributed by atoms with van der Waals surface area (Å²) in [5.41, 5.74) is -0.266. The Balaban J connectivity index is 1.44. The van der Waals surface area contributed by atoms with E-state index >= 15 is 0 Å². The van der Waals surface area contributed by atoms with Crippen LogP contribution >= 0.6 is 11.3 Å². The molecule has 1 saturated heterocycles. The van der Waals surface area contributed by atoms with Crippen LogP contribution in [0.5, 0.6) is 0 Å². The Bertz CT molecular complexity index is 997. The summed E-state index contributed by atoms with van der Waals surface area (Å²) in [6, 6.07) is 6.76. The summed E-state index contributed by atoms with van der Waals surface area (Å²) in [6.07, 6.45) is 4.65. The molecule has 5 rings (SSSR count). The molecule has 0 saturated carbocycles. The lowest BCUT2D eigenvalue weighted by Gasteiger charge is -2.40. The van der Waals surface area contributed by atoms with E-state index in [-0.39, 0.29) is 23.3 Å². The third-order valence-corrected chi connectivity index (χ3v) is 6.63. The summed E-state index contributed by atoms with van der Waals surface area (Å²) >= 11 is 1.41. The van der Waals surface area contributed by atoms with Gasteiger partial charge in [0.1, 0.15) is 12.2 Å². The van der Waals surface area contributed by atoms with E-state index in [1.165, 1.54) is 23.9 Å². The second-order valence-electron chi connectivity index (χ2n) is 7.29. The molecule has 2 atom stereocenters. The SMILES string of the molecule is O=C(N[C@H]1c2ncnn2CC[C@@]12CCN(C(=O)c1ccco1)C2)c1cccs1. The molecule has 5 heterocycles. The molecule has 3 aromatic heterocycles. The minimum absolute atomic E-state index is 0.114. The number of aromatic nitrogens is 3. The van der Waals surface area contributed by atoms with Gasteiger partial charge in [-0.15, -0.1) is 11.3 Å². The number of thiophene rings is 1. The van der Waals surface area contributed by atoms with Crippen LogP contribution < -0.4 is 5.32 Å². The lowest BCUT2D eigenvalue weighted by Crippen LogP contribution is -2.48. The van der Waals surface area contributed by atoms with Gasteiger partial charge in [0.2, 0.25) is 0 Å². The number of hydrogen-bond donors (Lipinski definition) is 1. The van der Waals surface area contributed by atoms with Crippen molar-refractivity contribution in [3.63, 3.8) is 0 Å². The van der Waals surface area contributed by atoms with E-state index < -0.39 is 0 Å². The largest absolute Gasteiger partial charge is 0.459 e. The van der Waals surface area contributed by atoms with Gasteiger partial charge in [0, 0.05) is 25.0 Å². The third-order valence-electron chi connectivity index (χ3n) is 5.76. The van der Waals surface area contributed by atoms with Gasteiger partial charge in [-0.25, -0.2) is 9.67 Å². The van der Waals surface area contributed by atoms with E-state index in [4.69, 9.17) is 4.42 Å². The third kappa shape index (κ3) is 2.73. The van der Waals surface area contributed by atoms with Gasteiger partial charge in [-0.05, 0) is 36.4 Å². The van der Waals surface area contributed by atoms with Crippen LogP contribution in [0.25, 0.3) is 0 Å². The number of amides is 2. The molecule has 1 N–H and O–H groups in total. The summed E-state index contributed by atoms with van der Waals surface area (Å²) < 4.78 is 7.13. The number of furan rings is 1. The van der Waals surface area contributed by atoms with Crippen LogP contribution in [0.2, 0.25) is 0 Å². The topological polar surface area (TPSA) is 93.3 Å².